The predicted octanol–water partition coefficient (Wildman–Crippen LogP) is 1.35. The average molecular weight is 702 g/mol. The minimum Gasteiger partial charge on any atom is -0.391 e. The van der Waals surface area contributed by atoms with Crippen LogP contribution in [-0.4, -0.2) is 66.9 Å². The van der Waals surface area contributed by atoms with Crippen LogP contribution in [0.5, 0.6) is 0 Å². The summed E-state index contributed by atoms with van der Waals surface area (Å²) in [5.41, 5.74) is -8.54. The molecule has 16 nitrogen and oxygen atoms in total. The van der Waals surface area contributed by atoms with Crippen molar-refractivity contribution in [1.29, 1.82) is 0 Å². The van der Waals surface area contributed by atoms with Crippen molar-refractivity contribution in [2.75, 3.05) is 0 Å². The van der Waals surface area contributed by atoms with Crippen molar-refractivity contribution < 1.29 is 70.6 Å². The van der Waals surface area contributed by atoms with Gasteiger partial charge in [-0.05, 0) is 12.5 Å². The van der Waals surface area contributed by atoms with Gasteiger partial charge in [-0.1, -0.05) is 48.5 Å². The number of nitrogens with one attached hydrogen (secondary N) is 3. The molecule has 0 fully saturated rings. The van der Waals surface area contributed by atoms with Gasteiger partial charge in [-0.15, -0.1) is 4.91 Å². The topological polar surface area (TPSA) is 269 Å². The molecule has 0 aliphatic heterocycles. The van der Waals surface area contributed by atoms with Gasteiger partial charge in [-0.3, -0.25) is 28.3 Å². The summed E-state index contributed by atoms with van der Waals surface area (Å²) in [5.74, 6) is -2.68. The molecule has 0 saturated heterocycles. The molecule has 3 amide bonds. The number of aliphatic hydroxyl groups is 1. The Hall–Kier alpha value is -3.90. The molecule has 0 heterocycles. The molecule has 2 aromatic carbocycles. The van der Waals surface area contributed by atoms with Crippen molar-refractivity contribution in [2.45, 2.75) is 49.8 Å². The standard InChI is InChI=1S/C16H21F2N4O8P.C8H7F2O4P/c1-8(23)13(19-9(2)24)15(26)20-12(14(25)21-22-27)7-10-3-5-11(6-4-10)16(17,18)31(28,29)30;9-8(10,15(12,13)14)7-3-1-6(5-11)2-4-7/h3-6,8,12-13,23H,7H2,1-2H3,(H,19,24)(H,20,26)(H,21,25,27)(H2,28,29,30);1-5H,(H2,12,13,14)/t8-,12+,13+;/m1./s1. The number of aliphatic hydroxyl groups excluding tert-OH is 1. The number of alkyl halides is 4. The van der Waals surface area contributed by atoms with Crippen molar-refractivity contribution in [2.24, 2.45) is 5.29 Å². The van der Waals surface area contributed by atoms with Gasteiger partial charge >= 0.3 is 26.5 Å². The zero-order valence-electron chi connectivity index (χ0n) is 23.6. The molecule has 22 heteroatoms. The summed E-state index contributed by atoms with van der Waals surface area (Å²) in [7, 11) is -11.3. The average Bonchev–Trinajstić information content (AvgIpc) is 2.94. The fourth-order valence-electron chi connectivity index (χ4n) is 3.39. The predicted molar refractivity (Wildman–Crippen MR) is 149 cm³/mol. The number of nitroso groups, excluding NO2 is 1. The van der Waals surface area contributed by atoms with Gasteiger partial charge in [0.2, 0.25) is 11.8 Å². The molecule has 0 aliphatic rings. The van der Waals surface area contributed by atoms with Crippen LogP contribution in [0.3, 0.4) is 0 Å². The first-order valence-electron chi connectivity index (χ1n) is 12.4. The van der Waals surface area contributed by atoms with Crippen LogP contribution in [0.4, 0.5) is 17.6 Å². The molecule has 254 valence electrons. The third kappa shape index (κ3) is 10.9. The normalized spacial score (nSPS) is 14.0. The first kappa shape index (κ1) is 40.1. The Morgan fingerprint density at radius 3 is 1.63 bits per heavy atom. The Morgan fingerprint density at radius 2 is 1.28 bits per heavy atom. The van der Waals surface area contributed by atoms with Crippen LogP contribution in [-0.2, 0) is 41.3 Å². The zero-order chi connectivity index (χ0) is 35.7. The molecule has 2 aromatic rings. The fourth-order valence-corrected chi connectivity index (χ4v) is 4.36. The Morgan fingerprint density at radius 1 is 0.848 bits per heavy atom. The number of aldehydes is 1. The number of benzene rings is 2. The first-order chi connectivity index (χ1) is 21.0. The van der Waals surface area contributed by atoms with E-state index >= 15 is 0 Å². The smallest absolute Gasteiger partial charge is 0.391 e. The molecule has 0 spiro atoms. The molecule has 46 heavy (non-hydrogen) atoms. The summed E-state index contributed by atoms with van der Waals surface area (Å²) < 4.78 is 75.0. The number of rotatable bonds is 13. The highest BCUT2D eigenvalue weighted by Crippen LogP contribution is 2.60. The summed E-state index contributed by atoms with van der Waals surface area (Å²) in [6, 6.07) is 4.40. The lowest BCUT2D eigenvalue weighted by atomic mass is 10.0. The van der Waals surface area contributed by atoms with E-state index in [0.29, 0.717) is 6.29 Å². The second-order valence-electron chi connectivity index (χ2n) is 9.36. The van der Waals surface area contributed by atoms with Crippen LogP contribution in [0.25, 0.3) is 0 Å². The van der Waals surface area contributed by atoms with E-state index < -0.39 is 73.6 Å². The number of carbonyl (C=O) groups is 4. The number of halogens is 4. The molecule has 0 bridgehead atoms. The maximum atomic E-state index is 13.7. The van der Waals surface area contributed by atoms with E-state index in [9.17, 15) is 55.9 Å². The minimum absolute atomic E-state index is 0.153. The molecule has 0 aromatic heterocycles. The zero-order valence-corrected chi connectivity index (χ0v) is 25.4. The van der Waals surface area contributed by atoms with Crippen molar-refractivity contribution in [3.63, 3.8) is 0 Å². The highest BCUT2D eigenvalue weighted by molar-refractivity contribution is 7.52. The molecule has 0 aliphatic carbocycles. The largest absolute Gasteiger partial charge is 0.399 e. The fraction of sp³-hybridized carbons (Fsp3) is 0.333. The lowest BCUT2D eigenvalue weighted by Crippen LogP contribution is -2.56. The van der Waals surface area contributed by atoms with E-state index in [-0.39, 0.29) is 17.5 Å². The SMILES string of the molecule is CC(=O)N[C@H](C(=O)N[C@@H](Cc1ccc(C(F)(F)P(=O)(O)O)cc1)C(=O)NN=O)[C@@H](C)O.O=Cc1ccc(C(F)(F)P(=O)(O)O)cc1. The van der Waals surface area contributed by atoms with Crippen LogP contribution in [0.1, 0.15) is 40.9 Å². The number of amides is 3. The van der Waals surface area contributed by atoms with Crippen molar-refractivity contribution in [3.05, 3.63) is 75.7 Å². The van der Waals surface area contributed by atoms with Gasteiger partial charge in [-0.2, -0.15) is 17.6 Å². The lowest BCUT2D eigenvalue weighted by molar-refractivity contribution is -0.133. The van der Waals surface area contributed by atoms with Crippen molar-refractivity contribution >= 4 is 39.2 Å². The minimum atomic E-state index is -5.77. The van der Waals surface area contributed by atoms with Crippen LogP contribution >= 0.6 is 15.2 Å². The Labute approximate surface area is 256 Å². The second kappa shape index (κ2) is 16.1. The van der Waals surface area contributed by atoms with E-state index in [2.05, 4.69) is 15.9 Å². The number of hydrogen-bond acceptors (Lipinski definition) is 9. The highest BCUT2D eigenvalue weighted by atomic mass is 31.2. The Kier molecular flexibility index (Phi) is 14.0. The van der Waals surface area contributed by atoms with E-state index in [0.717, 1.165) is 55.5 Å². The van der Waals surface area contributed by atoms with Gasteiger partial charge in [0, 0.05) is 30.0 Å². The first-order valence-corrected chi connectivity index (χ1v) is 15.6. The van der Waals surface area contributed by atoms with Crippen LogP contribution < -0.4 is 16.1 Å². The Balaban J connectivity index is 0.000000587. The molecule has 2 rings (SSSR count). The van der Waals surface area contributed by atoms with E-state index in [4.69, 9.17) is 19.6 Å². The summed E-state index contributed by atoms with van der Waals surface area (Å²) in [4.78, 5) is 90.6. The maximum Gasteiger partial charge on any atom is 0.399 e. The van der Waals surface area contributed by atoms with E-state index in [1.54, 1.807) is 5.43 Å². The van der Waals surface area contributed by atoms with Gasteiger partial charge in [0.15, 0.2) is 0 Å². The number of nitrogens with zero attached hydrogens (tertiary/aromatic N) is 1. The molecule has 0 radical (unpaired) electrons. The summed E-state index contributed by atoms with van der Waals surface area (Å²) >= 11 is 0. The Bertz CT molecular complexity index is 1500. The second-order valence-corrected chi connectivity index (χ2v) is 12.7. The third-order valence-electron chi connectivity index (χ3n) is 5.78. The van der Waals surface area contributed by atoms with Gasteiger partial charge in [-0.25, -0.2) is 5.43 Å². The number of hydrogen-bond donors (Lipinski definition) is 8. The summed E-state index contributed by atoms with van der Waals surface area (Å²) in [5, 5.41) is 16.3. The third-order valence-corrected chi connectivity index (χ3v) is 7.76. The van der Waals surface area contributed by atoms with Gasteiger partial charge in [0.1, 0.15) is 18.4 Å². The monoisotopic (exact) mass is 702 g/mol. The van der Waals surface area contributed by atoms with E-state index in [1.165, 1.54) is 6.92 Å². The van der Waals surface area contributed by atoms with Gasteiger partial charge < -0.3 is 35.3 Å². The molecular weight excluding hydrogens is 674 g/mol. The van der Waals surface area contributed by atoms with Crippen LogP contribution in [0.2, 0.25) is 0 Å². The van der Waals surface area contributed by atoms with Crippen molar-refractivity contribution in [3.8, 4) is 0 Å². The lowest BCUT2D eigenvalue weighted by Gasteiger charge is -2.24. The molecular formula is C24H28F4N4O12P2. The summed E-state index contributed by atoms with van der Waals surface area (Å²) in [6.07, 6.45) is -1.24. The van der Waals surface area contributed by atoms with E-state index in [1.807, 2.05) is 0 Å². The maximum absolute atomic E-state index is 13.7. The summed E-state index contributed by atoms with van der Waals surface area (Å²) in [6.45, 7) is 2.31. The molecule has 0 unspecified atom stereocenters. The molecule has 0 saturated carbocycles. The quantitative estimate of drug-likeness (QED) is 0.0483. The van der Waals surface area contributed by atoms with Crippen molar-refractivity contribution in [1.82, 2.24) is 16.1 Å². The van der Waals surface area contributed by atoms with Crippen LogP contribution in [0.15, 0.2) is 53.8 Å². The van der Waals surface area contributed by atoms with Crippen LogP contribution in [0, 0.1) is 4.91 Å². The van der Waals surface area contributed by atoms with Gasteiger partial charge in [0.05, 0.1) is 11.4 Å². The molecule has 3 atom stereocenters. The molecule has 8 N–H and O–H groups in total. The van der Waals surface area contributed by atoms with Gasteiger partial charge in [0.25, 0.3) is 5.91 Å². The number of carbonyl (C=O) groups excluding carboxylic acids is 4. The highest BCUT2D eigenvalue weighted by Gasteiger charge is 2.51.